The van der Waals surface area contributed by atoms with Gasteiger partial charge in [-0.3, -0.25) is 9.59 Å². The first-order chi connectivity index (χ1) is 6.68. The van der Waals surface area contributed by atoms with Crippen LogP contribution >= 0.6 is 0 Å². The third kappa shape index (κ3) is 1.31. The molecule has 0 aromatic heterocycles. The second-order valence-corrected chi connectivity index (χ2v) is 3.49. The maximum atomic E-state index is 11.6. The molecule has 2 bridgehead atoms. The zero-order valence-electron chi connectivity index (χ0n) is 7.99. The van der Waals surface area contributed by atoms with Crippen LogP contribution in [0.4, 0.5) is 0 Å². The van der Waals surface area contributed by atoms with Crippen molar-refractivity contribution in [1.82, 2.24) is 0 Å². The molecule has 0 aromatic rings. The standard InChI is InChI=1S/C10H12O4/c1-2-13-6-10-4-3-8(14-10)7(11)5-9(10)12/h3-4,8H,2,5-6H2,1H3/t8-,10?/m0/s1. The molecule has 2 rings (SSSR count). The van der Waals surface area contributed by atoms with Gasteiger partial charge in [-0.2, -0.15) is 0 Å². The van der Waals surface area contributed by atoms with Crippen molar-refractivity contribution >= 4 is 11.6 Å². The Labute approximate surface area is 81.9 Å². The van der Waals surface area contributed by atoms with Gasteiger partial charge in [0, 0.05) is 6.61 Å². The highest BCUT2D eigenvalue weighted by Crippen LogP contribution is 2.32. The Balaban J connectivity index is 2.17. The van der Waals surface area contributed by atoms with Gasteiger partial charge in [-0.15, -0.1) is 0 Å². The molecule has 0 saturated carbocycles. The summed E-state index contributed by atoms with van der Waals surface area (Å²) in [7, 11) is 0. The van der Waals surface area contributed by atoms with Crippen molar-refractivity contribution in [3.05, 3.63) is 12.2 Å². The Bertz CT molecular complexity index is 307. The minimum absolute atomic E-state index is 0.0370. The number of carbonyl (C=O) groups is 2. The maximum Gasteiger partial charge on any atom is 0.178 e. The highest BCUT2D eigenvalue weighted by molar-refractivity contribution is 6.09. The first-order valence-electron chi connectivity index (χ1n) is 4.69. The average molecular weight is 196 g/mol. The molecule has 2 aliphatic heterocycles. The first kappa shape index (κ1) is 9.55. The third-order valence-corrected chi connectivity index (χ3v) is 2.52. The van der Waals surface area contributed by atoms with Gasteiger partial charge in [0.1, 0.15) is 6.10 Å². The lowest BCUT2D eigenvalue weighted by Gasteiger charge is -2.30. The largest absolute Gasteiger partial charge is 0.378 e. The van der Waals surface area contributed by atoms with E-state index in [0.29, 0.717) is 6.61 Å². The second kappa shape index (κ2) is 3.29. The number of hydrogen-bond acceptors (Lipinski definition) is 4. The topological polar surface area (TPSA) is 52.6 Å². The van der Waals surface area contributed by atoms with Gasteiger partial charge in [-0.05, 0) is 19.1 Å². The predicted molar refractivity (Wildman–Crippen MR) is 47.9 cm³/mol. The summed E-state index contributed by atoms with van der Waals surface area (Å²) in [5.74, 6) is -0.350. The summed E-state index contributed by atoms with van der Waals surface area (Å²) in [6.45, 7) is 2.60. The number of rotatable bonds is 3. The summed E-state index contributed by atoms with van der Waals surface area (Å²) < 4.78 is 10.6. The van der Waals surface area contributed by atoms with Crippen LogP contribution in [0.5, 0.6) is 0 Å². The molecule has 0 aromatic carbocycles. The SMILES string of the molecule is CCOCC12C=C[C@H](O1)C(=O)CC2=O. The highest BCUT2D eigenvalue weighted by Gasteiger charge is 2.49. The van der Waals surface area contributed by atoms with Crippen LogP contribution in [0, 0.1) is 0 Å². The normalized spacial score (nSPS) is 35.4. The van der Waals surface area contributed by atoms with Crippen LogP contribution in [0.3, 0.4) is 0 Å². The Hall–Kier alpha value is -1.00. The van der Waals surface area contributed by atoms with Gasteiger partial charge in [-0.25, -0.2) is 0 Å². The van der Waals surface area contributed by atoms with E-state index in [2.05, 4.69) is 0 Å². The fourth-order valence-corrected chi connectivity index (χ4v) is 1.70. The van der Waals surface area contributed by atoms with Gasteiger partial charge < -0.3 is 9.47 Å². The van der Waals surface area contributed by atoms with Gasteiger partial charge in [0.15, 0.2) is 17.2 Å². The second-order valence-electron chi connectivity index (χ2n) is 3.49. The molecule has 76 valence electrons. The van der Waals surface area contributed by atoms with E-state index in [1.54, 1.807) is 12.2 Å². The molecular formula is C10H12O4. The van der Waals surface area contributed by atoms with E-state index in [0.717, 1.165) is 0 Å². The molecule has 0 spiro atoms. The highest BCUT2D eigenvalue weighted by atomic mass is 16.6. The maximum absolute atomic E-state index is 11.6. The summed E-state index contributed by atoms with van der Waals surface area (Å²) in [6.07, 6.45) is 2.73. The third-order valence-electron chi connectivity index (χ3n) is 2.52. The summed E-state index contributed by atoms with van der Waals surface area (Å²) >= 11 is 0. The Morgan fingerprint density at radius 3 is 3.14 bits per heavy atom. The number of carbonyl (C=O) groups excluding carboxylic acids is 2. The van der Waals surface area contributed by atoms with Crippen molar-refractivity contribution in [3.8, 4) is 0 Å². The van der Waals surface area contributed by atoms with Crippen molar-refractivity contribution in [1.29, 1.82) is 0 Å². The fourth-order valence-electron chi connectivity index (χ4n) is 1.70. The predicted octanol–water partition coefficient (Wildman–Crippen LogP) is 0.259. The van der Waals surface area contributed by atoms with Gasteiger partial charge in [0.25, 0.3) is 0 Å². The molecule has 0 radical (unpaired) electrons. The van der Waals surface area contributed by atoms with Crippen molar-refractivity contribution in [3.63, 3.8) is 0 Å². The number of fused-ring (bicyclic) bond motifs is 2. The van der Waals surface area contributed by atoms with Gasteiger partial charge >= 0.3 is 0 Å². The number of Topliss-reactive ketones (excluding diaryl/α,β-unsaturated/α-hetero) is 2. The van der Waals surface area contributed by atoms with Crippen molar-refractivity contribution in [2.45, 2.75) is 25.0 Å². The molecule has 0 N–H and O–H groups in total. The zero-order valence-corrected chi connectivity index (χ0v) is 7.99. The Morgan fingerprint density at radius 1 is 1.64 bits per heavy atom. The van der Waals surface area contributed by atoms with Crippen LogP contribution in [0.2, 0.25) is 0 Å². The molecule has 1 fully saturated rings. The fraction of sp³-hybridized carbons (Fsp3) is 0.600. The molecule has 0 amide bonds. The van der Waals surface area contributed by atoms with Crippen LogP contribution in [-0.2, 0) is 19.1 Å². The molecule has 4 heteroatoms. The van der Waals surface area contributed by atoms with E-state index in [4.69, 9.17) is 9.47 Å². The van der Waals surface area contributed by atoms with Gasteiger partial charge in [-0.1, -0.05) is 0 Å². The van der Waals surface area contributed by atoms with E-state index in [9.17, 15) is 9.59 Å². The first-order valence-corrected chi connectivity index (χ1v) is 4.69. The lowest BCUT2D eigenvalue weighted by atomic mass is 9.95. The molecule has 2 aliphatic rings. The van der Waals surface area contributed by atoms with Crippen LogP contribution < -0.4 is 0 Å². The minimum Gasteiger partial charge on any atom is -0.378 e. The zero-order chi connectivity index (χ0) is 10.2. The van der Waals surface area contributed by atoms with Gasteiger partial charge in [0.05, 0.1) is 13.0 Å². The molecule has 1 saturated heterocycles. The smallest absolute Gasteiger partial charge is 0.178 e. The van der Waals surface area contributed by atoms with Gasteiger partial charge in [0.2, 0.25) is 0 Å². The summed E-state index contributed by atoms with van der Waals surface area (Å²) in [5.41, 5.74) is -0.978. The Kier molecular flexibility index (Phi) is 2.25. The molecule has 1 unspecified atom stereocenters. The average Bonchev–Trinajstić information content (AvgIpc) is 2.55. The minimum atomic E-state index is -0.978. The van der Waals surface area contributed by atoms with E-state index in [1.165, 1.54) is 0 Å². The van der Waals surface area contributed by atoms with Crippen LogP contribution in [-0.4, -0.2) is 36.5 Å². The summed E-state index contributed by atoms with van der Waals surface area (Å²) in [5, 5.41) is 0. The van der Waals surface area contributed by atoms with Crippen molar-refractivity contribution in [2.75, 3.05) is 13.2 Å². The van der Waals surface area contributed by atoms with E-state index in [1.807, 2.05) is 6.92 Å². The van der Waals surface area contributed by atoms with Crippen LogP contribution in [0.1, 0.15) is 13.3 Å². The van der Waals surface area contributed by atoms with Crippen LogP contribution in [0.15, 0.2) is 12.2 Å². The number of ketones is 2. The molecular weight excluding hydrogens is 184 g/mol. The summed E-state index contributed by atoms with van der Waals surface area (Å²) in [6, 6.07) is 0. The quantitative estimate of drug-likeness (QED) is 0.480. The molecule has 4 nitrogen and oxygen atoms in total. The molecule has 14 heavy (non-hydrogen) atoms. The van der Waals surface area contributed by atoms with E-state index < -0.39 is 11.7 Å². The lowest BCUT2D eigenvalue weighted by molar-refractivity contribution is -0.163. The van der Waals surface area contributed by atoms with E-state index >= 15 is 0 Å². The number of ether oxygens (including phenoxy) is 2. The van der Waals surface area contributed by atoms with E-state index in [-0.39, 0.29) is 24.6 Å². The summed E-state index contributed by atoms with van der Waals surface area (Å²) in [4.78, 5) is 22.9. The van der Waals surface area contributed by atoms with Crippen molar-refractivity contribution < 1.29 is 19.1 Å². The van der Waals surface area contributed by atoms with Crippen LogP contribution in [0.25, 0.3) is 0 Å². The Morgan fingerprint density at radius 2 is 2.43 bits per heavy atom. The lowest BCUT2D eigenvalue weighted by Crippen LogP contribution is -2.49. The monoisotopic (exact) mass is 196 g/mol. The molecule has 0 aliphatic carbocycles. The number of hydrogen-bond donors (Lipinski definition) is 0. The molecule has 2 atom stereocenters. The molecule has 2 heterocycles. The van der Waals surface area contributed by atoms with Crippen molar-refractivity contribution in [2.24, 2.45) is 0 Å².